The van der Waals surface area contributed by atoms with Gasteiger partial charge in [-0.05, 0) is 31.2 Å². The molecule has 0 saturated carbocycles. The van der Waals surface area contributed by atoms with Crippen molar-refractivity contribution in [3.8, 4) is 23.2 Å². The Morgan fingerprint density at radius 2 is 1.36 bits per heavy atom. The van der Waals surface area contributed by atoms with Crippen molar-refractivity contribution in [1.82, 2.24) is 29.9 Å². The Kier molecular flexibility index (Phi) is 5.71. The summed E-state index contributed by atoms with van der Waals surface area (Å²) in [5, 5.41) is 8.54. The Morgan fingerprint density at radius 1 is 0.758 bits per heavy atom. The molecule has 0 aliphatic rings. The number of benzene rings is 3. The number of hydrogen-bond donors (Lipinski definition) is 0. The van der Waals surface area contributed by atoms with Gasteiger partial charge < -0.3 is 4.74 Å². The van der Waals surface area contributed by atoms with E-state index in [1.54, 1.807) is 6.20 Å². The minimum absolute atomic E-state index is 0.214. The minimum Gasteiger partial charge on any atom is -0.464 e. The van der Waals surface area contributed by atoms with Crippen LogP contribution in [-0.2, 0) is 0 Å². The molecular formula is C25H21N7O. The average Bonchev–Trinajstić information content (AvgIpc) is 3.37. The molecule has 8 heteroatoms. The molecule has 0 unspecified atom stereocenters. The van der Waals surface area contributed by atoms with Crippen LogP contribution in [0.5, 0.6) is 6.01 Å². The molecule has 0 aliphatic carbocycles. The summed E-state index contributed by atoms with van der Waals surface area (Å²) in [5.41, 5.74) is 3.50. The van der Waals surface area contributed by atoms with Crippen molar-refractivity contribution in [2.45, 2.75) is 6.92 Å². The number of anilines is 3. The van der Waals surface area contributed by atoms with Crippen LogP contribution in [0.3, 0.4) is 0 Å². The lowest BCUT2D eigenvalue weighted by molar-refractivity contribution is 0.311. The summed E-state index contributed by atoms with van der Waals surface area (Å²) in [5.74, 6) is 0.729. The first kappa shape index (κ1) is 20.3. The second kappa shape index (κ2) is 9.27. The molecule has 0 atom stereocenters. The Balaban J connectivity index is 1.62. The maximum Gasteiger partial charge on any atom is 0.323 e. The predicted octanol–water partition coefficient (Wildman–Crippen LogP) is 4.99. The fraction of sp³-hybridized carbons (Fsp3) is 0.0800. The van der Waals surface area contributed by atoms with Crippen LogP contribution in [0.4, 0.5) is 17.3 Å². The van der Waals surface area contributed by atoms with E-state index in [1.165, 1.54) is 4.68 Å². The van der Waals surface area contributed by atoms with Gasteiger partial charge in [-0.3, -0.25) is 4.90 Å². The molecule has 0 bridgehead atoms. The maximum absolute atomic E-state index is 5.67. The van der Waals surface area contributed by atoms with E-state index in [2.05, 4.69) is 20.3 Å². The molecule has 0 radical (unpaired) electrons. The lowest BCUT2D eigenvalue weighted by atomic mass is 10.2. The molecular weight excluding hydrogens is 414 g/mol. The standard InChI is InChI=1S/C25H21N7O/c1-2-33-25-27-23(31-18-22(29-30-31)19-12-6-3-7-13-19)26-24(28-25)32(20-14-8-4-9-15-20)21-16-10-5-11-17-21/h3-18H,2H2,1H3. The first-order valence-electron chi connectivity index (χ1n) is 10.6. The van der Waals surface area contributed by atoms with E-state index in [9.17, 15) is 0 Å². The highest BCUT2D eigenvalue weighted by molar-refractivity contribution is 5.72. The van der Waals surface area contributed by atoms with Crippen molar-refractivity contribution >= 4 is 17.3 Å². The van der Waals surface area contributed by atoms with E-state index in [-0.39, 0.29) is 6.01 Å². The number of aromatic nitrogens is 6. The fourth-order valence-corrected chi connectivity index (χ4v) is 3.37. The Morgan fingerprint density at radius 3 is 1.97 bits per heavy atom. The largest absolute Gasteiger partial charge is 0.464 e. The summed E-state index contributed by atoms with van der Waals surface area (Å²) in [6.07, 6.45) is 1.79. The van der Waals surface area contributed by atoms with Gasteiger partial charge in [-0.15, -0.1) is 5.10 Å². The zero-order valence-electron chi connectivity index (χ0n) is 18.0. The molecule has 0 amide bonds. The van der Waals surface area contributed by atoms with Crippen LogP contribution in [0.25, 0.3) is 17.2 Å². The molecule has 0 N–H and O–H groups in total. The third-order valence-electron chi connectivity index (χ3n) is 4.86. The molecule has 2 heterocycles. The lowest BCUT2D eigenvalue weighted by Gasteiger charge is -2.23. The van der Waals surface area contributed by atoms with Crippen molar-refractivity contribution in [1.29, 1.82) is 0 Å². The highest BCUT2D eigenvalue weighted by atomic mass is 16.5. The van der Waals surface area contributed by atoms with Gasteiger partial charge >= 0.3 is 6.01 Å². The van der Waals surface area contributed by atoms with E-state index in [0.29, 0.717) is 18.5 Å². The van der Waals surface area contributed by atoms with Gasteiger partial charge in [0.05, 0.1) is 12.8 Å². The fourth-order valence-electron chi connectivity index (χ4n) is 3.37. The molecule has 0 saturated heterocycles. The van der Waals surface area contributed by atoms with Gasteiger partial charge in [0.15, 0.2) is 0 Å². The normalized spacial score (nSPS) is 10.7. The van der Waals surface area contributed by atoms with Crippen LogP contribution < -0.4 is 9.64 Å². The summed E-state index contributed by atoms with van der Waals surface area (Å²) < 4.78 is 7.20. The van der Waals surface area contributed by atoms with Gasteiger partial charge in [0.2, 0.25) is 5.95 Å². The lowest BCUT2D eigenvalue weighted by Crippen LogP contribution is -2.17. The van der Waals surface area contributed by atoms with E-state index in [0.717, 1.165) is 22.6 Å². The number of para-hydroxylation sites is 2. The van der Waals surface area contributed by atoms with Crippen LogP contribution in [0, 0.1) is 0 Å². The van der Waals surface area contributed by atoms with Gasteiger partial charge in [-0.25, -0.2) is 0 Å². The van der Waals surface area contributed by atoms with Crippen molar-refractivity contribution in [2.75, 3.05) is 11.5 Å². The smallest absolute Gasteiger partial charge is 0.323 e. The second-order valence-electron chi connectivity index (χ2n) is 7.07. The third-order valence-corrected chi connectivity index (χ3v) is 4.86. The molecule has 0 spiro atoms. The predicted molar refractivity (Wildman–Crippen MR) is 126 cm³/mol. The van der Waals surface area contributed by atoms with Gasteiger partial charge in [0, 0.05) is 16.9 Å². The number of hydrogen-bond acceptors (Lipinski definition) is 7. The number of nitrogens with zero attached hydrogens (tertiary/aromatic N) is 7. The van der Waals surface area contributed by atoms with Crippen molar-refractivity contribution in [3.05, 3.63) is 97.2 Å². The molecule has 0 aliphatic heterocycles. The topological polar surface area (TPSA) is 81.9 Å². The van der Waals surface area contributed by atoms with E-state index < -0.39 is 0 Å². The number of rotatable bonds is 7. The summed E-state index contributed by atoms with van der Waals surface area (Å²) in [4.78, 5) is 15.7. The SMILES string of the molecule is CCOc1nc(N(c2ccccc2)c2ccccc2)nc(-n2cc(-c3ccccc3)nn2)n1. The summed E-state index contributed by atoms with van der Waals surface area (Å²) in [6, 6.07) is 29.9. The third kappa shape index (κ3) is 4.40. The number of ether oxygens (including phenoxy) is 1. The monoisotopic (exact) mass is 435 g/mol. The summed E-state index contributed by atoms with van der Waals surface area (Å²) in [7, 11) is 0. The van der Waals surface area contributed by atoms with E-state index >= 15 is 0 Å². The van der Waals surface area contributed by atoms with Crippen LogP contribution in [0.2, 0.25) is 0 Å². The Bertz CT molecular complexity index is 1290. The first-order chi connectivity index (χ1) is 16.3. The van der Waals surface area contributed by atoms with Crippen LogP contribution in [0.1, 0.15) is 6.92 Å². The quantitative estimate of drug-likeness (QED) is 0.356. The van der Waals surface area contributed by atoms with Gasteiger partial charge in [0.1, 0.15) is 5.69 Å². The molecule has 33 heavy (non-hydrogen) atoms. The van der Waals surface area contributed by atoms with Gasteiger partial charge in [-0.1, -0.05) is 71.9 Å². The first-order valence-corrected chi connectivity index (χ1v) is 10.6. The molecule has 2 aromatic heterocycles. The summed E-state index contributed by atoms with van der Waals surface area (Å²) >= 11 is 0. The van der Waals surface area contributed by atoms with E-state index in [4.69, 9.17) is 9.72 Å². The van der Waals surface area contributed by atoms with Crippen molar-refractivity contribution in [3.63, 3.8) is 0 Å². The molecule has 5 aromatic rings. The summed E-state index contributed by atoms with van der Waals surface area (Å²) in [6.45, 7) is 2.31. The van der Waals surface area contributed by atoms with Crippen LogP contribution in [0.15, 0.2) is 97.2 Å². The molecule has 3 aromatic carbocycles. The van der Waals surface area contributed by atoms with Crippen molar-refractivity contribution < 1.29 is 4.74 Å². The average molecular weight is 435 g/mol. The molecule has 0 fully saturated rings. The Hall–Kier alpha value is -4.59. The Labute approximate surface area is 191 Å². The second-order valence-corrected chi connectivity index (χ2v) is 7.07. The molecule has 8 nitrogen and oxygen atoms in total. The van der Waals surface area contributed by atoms with Crippen molar-refractivity contribution in [2.24, 2.45) is 0 Å². The maximum atomic E-state index is 5.67. The molecule has 162 valence electrons. The van der Waals surface area contributed by atoms with Crippen LogP contribution >= 0.6 is 0 Å². The van der Waals surface area contributed by atoms with Crippen LogP contribution in [-0.4, -0.2) is 36.6 Å². The highest BCUT2D eigenvalue weighted by Crippen LogP contribution is 2.32. The zero-order valence-corrected chi connectivity index (χ0v) is 18.0. The van der Waals surface area contributed by atoms with Gasteiger partial charge in [-0.2, -0.15) is 19.6 Å². The molecule has 5 rings (SSSR count). The van der Waals surface area contributed by atoms with E-state index in [1.807, 2.05) is 103 Å². The zero-order chi connectivity index (χ0) is 22.5. The van der Waals surface area contributed by atoms with Gasteiger partial charge in [0.25, 0.3) is 5.95 Å². The minimum atomic E-state index is 0.214. The highest BCUT2D eigenvalue weighted by Gasteiger charge is 2.19.